The lowest BCUT2D eigenvalue weighted by molar-refractivity contribution is 0.290. The van der Waals surface area contributed by atoms with Crippen molar-refractivity contribution >= 4 is 15.9 Å². The van der Waals surface area contributed by atoms with Crippen molar-refractivity contribution in [2.75, 3.05) is 6.61 Å². The highest BCUT2D eigenvalue weighted by molar-refractivity contribution is 9.09. The summed E-state index contributed by atoms with van der Waals surface area (Å²) in [5.74, 6) is 0. The van der Waals surface area contributed by atoms with Crippen LogP contribution in [0.3, 0.4) is 0 Å². The first-order chi connectivity index (χ1) is 8.81. The number of rotatable bonds is 14. The van der Waals surface area contributed by atoms with Gasteiger partial charge < -0.3 is 5.11 Å². The van der Waals surface area contributed by atoms with Gasteiger partial charge in [-0.3, -0.25) is 0 Å². The van der Waals surface area contributed by atoms with Gasteiger partial charge in [0, 0.05) is 4.83 Å². The fourth-order valence-corrected chi connectivity index (χ4v) is 2.62. The zero-order chi connectivity index (χ0) is 13.5. The summed E-state index contributed by atoms with van der Waals surface area (Å²) >= 11 is 3.46. The van der Waals surface area contributed by atoms with E-state index in [0.717, 1.165) is 6.42 Å². The Labute approximate surface area is 123 Å². The maximum atomic E-state index is 8.87. The van der Waals surface area contributed by atoms with Gasteiger partial charge in [-0.05, 0) is 6.42 Å². The van der Waals surface area contributed by atoms with Crippen LogP contribution < -0.4 is 0 Å². The van der Waals surface area contributed by atoms with Gasteiger partial charge in [0.05, 0.1) is 6.61 Å². The Bertz CT molecular complexity index is 150. The SMILES string of the molecule is CCCCCCCCCCCCCCC(Br)CO. The van der Waals surface area contributed by atoms with Crippen LogP contribution in [0.5, 0.6) is 0 Å². The first-order valence-corrected chi connectivity index (χ1v) is 8.97. The Balaban J connectivity index is 2.94. The molecule has 0 saturated carbocycles. The lowest BCUT2D eigenvalue weighted by Gasteiger charge is -2.05. The molecule has 0 heterocycles. The van der Waals surface area contributed by atoms with E-state index in [1.165, 1.54) is 77.0 Å². The number of unbranched alkanes of at least 4 members (excludes halogenated alkanes) is 11. The summed E-state index contributed by atoms with van der Waals surface area (Å²) in [6.07, 6.45) is 17.9. The molecule has 0 aliphatic heterocycles. The molecule has 0 aromatic rings. The largest absolute Gasteiger partial charge is 0.395 e. The van der Waals surface area contributed by atoms with E-state index in [1.54, 1.807) is 0 Å². The fourth-order valence-electron chi connectivity index (χ4n) is 2.30. The summed E-state index contributed by atoms with van der Waals surface area (Å²) in [5, 5.41) is 8.87. The molecule has 0 aliphatic carbocycles. The molecule has 0 aromatic carbocycles. The highest BCUT2D eigenvalue weighted by atomic mass is 79.9. The monoisotopic (exact) mass is 320 g/mol. The zero-order valence-electron chi connectivity index (χ0n) is 12.3. The molecule has 1 atom stereocenters. The number of halogens is 1. The van der Waals surface area contributed by atoms with Gasteiger partial charge in [-0.15, -0.1) is 0 Å². The third kappa shape index (κ3) is 14.5. The number of hydrogen-bond acceptors (Lipinski definition) is 1. The molecule has 0 fully saturated rings. The van der Waals surface area contributed by atoms with Crippen LogP contribution >= 0.6 is 15.9 Å². The second-order valence-corrected chi connectivity index (χ2v) is 6.75. The number of aliphatic hydroxyl groups excluding tert-OH is 1. The fraction of sp³-hybridized carbons (Fsp3) is 1.00. The van der Waals surface area contributed by atoms with Crippen molar-refractivity contribution in [1.29, 1.82) is 0 Å². The van der Waals surface area contributed by atoms with Crippen molar-refractivity contribution in [3.63, 3.8) is 0 Å². The van der Waals surface area contributed by atoms with Crippen molar-refractivity contribution in [2.24, 2.45) is 0 Å². The second-order valence-electron chi connectivity index (χ2n) is 5.46. The summed E-state index contributed by atoms with van der Waals surface area (Å²) in [5.41, 5.74) is 0. The quantitative estimate of drug-likeness (QED) is 0.315. The molecular formula is C16H33BrO. The lowest BCUT2D eigenvalue weighted by atomic mass is 10.0. The van der Waals surface area contributed by atoms with Gasteiger partial charge >= 0.3 is 0 Å². The van der Waals surface area contributed by atoms with E-state index in [-0.39, 0.29) is 6.61 Å². The topological polar surface area (TPSA) is 20.2 Å². The number of hydrogen-bond donors (Lipinski definition) is 1. The molecule has 0 radical (unpaired) electrons. The number of alkyl halides is 1. The van der Waals surface area contributed by atoms with Crippen molar-refractivity contribution in [3.8, 4) is 0 Å². The average Bonchev–Trinajstić information content (AvgIpc) is 2.39. The predicted molar refractivity (Wildman–Crippen MR) is 85.5 cm³/mol. The molecule has 0 amide bonds. The van der Waals surface area contributed by atoms with E-state index >= 15 is 0 Å². The summed E-state index contributed by atoms with van der Waals surface area (Å²) in [6.45, 7) is 2.55. The van der Waals surface area contributed by atoms with Gasteiger partial charge in [-0.1, -0.05) is 99.9 Å². The van der Waals surface area contributed by atoms with E-state index in [1.807, 2.05) is 0 Å². The minimum absolute atomic E-state index is 0.276. The van der Waals surface area contributed by atoms with Crippen molar-refractivity contribution in [1.82, 2.24) is 0 Å². The van der Waals surface area contributed by atoms with Crippen molar-refractivity contribution in [3.05, 3.63) is 0 Å². The van der Waals surface area contributed by atoms with E-state index in [2.05, 4.69) is 22.9 Å². The Morgan fingerprint density at radius 1 is 0.722 bits per heavy atom. The summed E-state index contributed by atoms with van der Waals surface area (Å²) in [6, 6.07) is 0. The molecule has 0 aromatic heterocycles. The molecule has 1 N–H and O–H groups in total. The Hall–Kier alpha value is 0.440. The molecule has 0 bridgehead atoms. The Morgan fingerprint density at radius 3 is 1.50 bits per heavy atom. The average molecular weight is 321 g/mol. The third-order valence-corrected chi connectivity index (χ3v) is 4.32. The molecule has 18 heavy (non-hydrogen) atoms. The zero-order valence-corrected chi connectivity index (χ0v) is 13.9. The summed E-state index contributed by atoms with van der Waals surface area (Å²) in [7, 11) is 0. The molecule has 0 spiro atoms. The van der Waals surface area contributed by atoms with Gasteiger partial charge in [0.1, 0.15) is 0 Å². The van der Waals surface area contributed by atoms with E-state index in [9.17, 15) is 0 Å². The van der Waals surface area contributed by atoms with Gasteiger partial charge in [0.15, 0.2) is 0 Å². The minimum atomic E-state index is 0.276. The van der Waals surface area contributed by atoms with Crippen LogP contribution in [0, 0.1) is 0 Å². The van der Waals surface area contributed by atoms with E-state index in [0.29, 0.717) is 4.83 Å². The van der Waals surface area contributed by atoms with Gasteiger partial charge in [0.2, 0.25) is 0 Å². The smallest absolute Gasteiger partial charge is 0.0556 e. The maximum absolute atomic E-state index is 8.87. The summed E-state index contributed by atoms with van der Waals surface area (Å²) in [4.78, 5) is 0.320. The van der Waals surface area contributed by atoms with Crippen LogP contribution in [0.15, 0.2) is 0 Å². The first kappa shape index (κ1) is 18.4. The van der Waals surface area contributed by atoms with Crippen molar-refractivity contribution < 1.29 is 5.11 Å². The molecule has 110 valence electrons. The van der Waals surface area contributed by atoms with E-state index in [4.69, 9.17) is 5.11 Å². The molecule has 2 heteroatoms. The summed E-state index contributed by atoms with van der Waals surface area (Å²) < 4.78 is 0. The van der Waals surface area contributed by atoms with E-state index < -0.39 is 0 Å². The highest BCUT2D eigenvalue weighted by Gasteiger charge is 2.00. The first-order valence-electron chi connectivity index (χ1n) is 8.06. The van der Waals surface area contributed by atoms with Crippen LogP contribution in [0.25, 0.3) is 0 Å². The standard InChI is InChI=1S/C16H33BrO/c1-2-3-4-5-6-7-8-9-10-11-12-13-14-16(17)15-18/h16,18H,2-15H2,1H3. The predicted octanol–water partition coefficient (Wildman–Crippen LogP) is 5.83. The lowest BCUT2D eigenvalue weighted by Crippen LogP contribution is -2.02. The maximum Gasteiger partial charge on any atom is 0.0556 e. The van der Waals surface area contributed by atoms with Crippen LogP contribution in [0.2, 0.25) is 0 Å². The Morgan fingerprint density at radius 2 is 1.11 bits per heavy atom. The van der Waals surface area contributed by atoms with Crippen molar-refractivity contribution in [2.45, 2.75) is 95.2 Å². The highest BCUT2D eigenvalue weighted by Crippen LogP contribution is 2.14. The van der Waals surface area contributed by atoms with Crippen LogP contribution in [0.4, 0.5) is 0 Å². The van der Waals surface area contributed by atoms with Crippen LogP contribution in [-0.2, 0) is 0 Å². The molecular weight excluding hydrogens is 288 g/mol. The van der Waals surface area contributed by atoms with Crippen LogP contribution in [-0.4, -0.2) is 16.5 Å². The molecule has 0 saturated heterocycles. The number of aliphatic hydroxyl groups is 1. The molecule has 1 nitrogen and oxygen atoms in total. The second kappa shape index (κ2) is 15.5. The van der Waals surface area contributed by atoms with Gasteiger partial charge in [-0.25, -0.2) is 0 Å². The molecule has 1 unspecified atom stereocenters. The third-order valence-electron chi connectivity index (χ3n) is 3.57. The molecule has 0 aliphatic rings. The minimum Gasteiger partial charge on any atom is -0.395 e. The molecule has 0 rings (SSSR count). The van der Waals surface area contributed by atoms with Gasteiger partial charge in [-0.2, -0.15) is 0 Å². The van der Waals surface area contributed by atoms with Crippen LogP contribution in [0.1, 0.15) is 90.4 Å². The normalized spacial score (nSPS) is 12.8. The van der Waals surface area contributed by atoms with Gasteiger partial charge in [0.25, 0.3) is 0 Å². The Kier molecular flexibility index (Phi) is 15.9.